The number of fused-ring (bicyclic) bond motifs is 3. The quantitative estimate of drug-likeness (QED) is 0.566. The molecule has 0 spiro atoms. The highest BCUT2D eigenvalue weighted by Gasteiger charge is 2.45. The molecule has 0 saturated carbocycles. The Morgan fingerprint density at radius 3 is 1.73 bits per heavy atom. The van der Waals surface area contributed by atoms with Crippen molar-refractivity contribution in [3.8, 4) is 0 Å². The van der Waals surface area contributed by atoms with Gasteiger partial charge in [-0.15, -0.1) is 0 Å². The van der Waals surface area contributed by atoms with Crippen molar-refractivity contribution in [2.75, 3.05) is 19.6 Å². The maximum Gasteiger partial charge on any atom is 0.244 e. The van der Waals surface area contributed by atoms with E-state index in [2.05, 4.69) is 4.90 Å². The van der Waals surface area contributed by atoms with Crippen LogP contribution in [0.4, 0.5) is 8.78 Å². The molecule has 3 aliphatic rings. The van der Waals surface area contributed by atoms with Crippen LogP contribution < -0.4 is 0 Å². The third-order valence-corrected chi connectivity index (χ3v) is 3.24. The summed E-state index contributed by atoms with van der Waals surface area (Å²) in [5.41, 5.74) is -0.589. The Morgan fingerprint density at radius 2 is 1.45 bits per heavy atom. The molecule has 0 N–H and O–H groups in total. The van der Waals surface area contributed by atoms with Crippen LogP contribution in [-0.4, -0.2) is 31.0 Å². The van der Waals surface area contributed by atoms with Crippen molar-refractivity contribution >= 4 is 0 Å². The van der Waals surface area contributed by atoms with Gasteiger partial charge in [0, 0.05) is 5.41 Å². The van der Waals surface area contributed by atoms with Gasteiger partial charge >= 0.3 is 0 Å². The molecule has 11 heavy (non-hydrogen) atoms. The standard InChI is InChI=1S/C8H13F2N/c9-7(10)8-1-4-11(5-2-8)6-3-8/h7H,1-6H2. The monoisotopic (exact) mass is 161 g/mol. The van der Waals surface area contributed by atoms with Crippen LogP contribution in [0.15, 0.2) is 0 Å². The first-order valence-corrected chi connectivity index (χ1v) is 4.23. The Morgan fingerprint density at radius 1 is 1.00 bits per heavy atom. The molecule has 0 atom stereocenters. The number of rotatable bonds is 1. The van der Waals surface area contributed by atoms with Gasteiger partial charge in [0.15, 0.2) is 0 Å². The van der Waals surface area contributed by atoms with Crippen LogP contribution in [0, 0.1) is 5.41 Å². The molecule has 3 fully saturated rings. The van der Waals surface area contributed by atoms with E-state index in [0.29, 0.717) is 19.3 Å². The fourth-order valence-electron chi connectivity index (χ4n) is 2.18. The first-order valence-electron chi connectivity index (χ1n) is 4.23. The zero-order valence-corrected chi connectivity index (χ0v) is 6.52. The van der Waals surface area contributed by atoms with Crippen molar-refractivity contribution in [2.24, 2.45) is 5.41 Å². The Bertz CT molecular complexity index is 136. The molecular weight excluding hydrogens is 148 g/mol. The van der Waals surface area contributed by atoms with Crippen molar-refractivity contribution in [3.63, 3.8) is 0 Å². The van der Waals surface area contributed by atoms with E-state index in [1.165, 1.54) is 0 Å². The molecule has 0 aromatic heterocycles. The van der Waals surface area contributed by atoms with Crippen LogP contribution in [0.5, 0.6) is 0 Å². The zero-order chi connectivity index (χ0) is 7.90. The van der Waals surface area contributed by atoms with Crippen LogP contribution in [0.2, 0.25) is 0 Å². The fourth-order valence-corrected chi connectivity index (χ4v) is 2.18. The average molecular weight is 161 g/mol. The van der Waals surface area contributed by atoms with Gasteiger partial charge in [0.25, 0.3) is 0 Å². The highest BCUT2D eigenvalue weighted by Crippen LogP contribution is 2.44. The Balaban J connectivity index is 2.12. The van der Waals surface area contributed by atoms with Crippen LogP contribution in [-0.2, 0) is 0 Å². The predicted molar refractivity (Wildman–Crippen MR) is 38.7 cm³/mol. The maximum absolute atomic E-state index is 12.6. The molecule has 0 aliphatic carbocycles. The summed E-state index contributed by atoms with van der Waals surface area (Å²) in [6, 6.07) is 0. The number of piperidine rings is 3. The summed E-state index contributed by atoms with van der Waals surface area (Å²) in [4.78, 5) is 2.28. The summed E-state index contributed by atoms with van der Waals surface area (Å²) < 4.78 is 25.2. The van der Waals surface area contributed by atoms with Crippen LogP contribution in [0.25, 0.3) is 0 Å². The maximum atomic E-state index is 12.6. The topological polar surface area (TPSA) is 3.24 Å². The molecule has 3 saturated heterocycles. The fraction of sp³-hybridized carbons (Fsp3) is 1.00. The minimum absolute atomic E-state index is 0.589. The molecule has 0 amide bonds. The molecule has 0 unspecified atom stereocenters. The van der Waals surface area contributed by atoms with E-state index < -0.39 is 11.8 Å². The van der Waals surface area contributed by atoms with Crippen molar-refractivity contribution in [1.82, 2.24) is 4.90 Å². The second-order valence-electron chi connectivity index (χ2n) is 3.75. The first-order chi connectivity index (χ1) is 5.23. The SMILES string of the molecule is FC(F)C12CCN(CC1)CC2. The lowest BCUT2D eigenvalue weighted by Crippen LogP contribution is -2.51. The van der Waals surface area contributed by atoms with E-state index in [9.17, 15) is 8.78 Å². The average Bonchev–Trinajstić information content (AvgIpc) is 2.08. The van der Waals surface area contributed by atoms with Crippen molar-refractivity contribution < 1.29 is 8.78 Å². The van der Waals surface area contributed by atoms with Gasteiger partial charge in [-0.2, -0.15) is 0 Å². The molecular formula is C8H13F2N. The minimum Gasteiger partial charge on any atom is -0.303 e. The van der Waals surface area contributed by atoms with Gasteiger partial charge in [0.1, 0.15) is 0 Å². The third kappa shape index (κ3) is 1.06. The van der Waals surface area contributed by atoms with Gasteiger partial charge in [-0.3, -0.25) is 0 Å². The number of hydrogen-bond donors (Lipinski definition) is 0. The summed E-state index contributed by atoms with van der Waals surface area (Å²) in [6.07, 6.45) is 0.0463. The van der Waals surface area contributed by atoms with E-state index in [1.54, 1.807) is 0 Å². The van der Waals surface area contributed by atoms with Crippen molar-refractivity contribution in [2.45, 2.75) is 25.7 Å². The Kier molecular flexibility index (Phi) is 1.63. The lowest BCUT2D eigenvalue weighted by Gasteiger charge is -2.47. The second-order valence-corrected chi connectivity index (χ2v) is 3.75. The number of alkyl halides is 2. The van der Waals surface area contributed by atoms with E-state index in [1.807, 2.05) is 0 Å². The third-order valence-electron chi connectivity index (χ3n) is 3.24. The van der Waals surface area contributed by atoms with Gasteiger partial charge in [0.2, 0.25) is 6.43 Å². The largest absolute Gasteiger partial charge is 0.303 e. The lowest BCUT2D eigenvalue weighted by molar-refractivity contribution is -0.0880. The van der Waals surface area contributed by atoms with Crippen LogP contribution in [0.3, 0.4) is 0 Å². The molecule has 3 heteroatoms. The normalized spacial score (nSPS) is 43.4. The summed E-state index contributed by atoms with van der Waals surface area (Å²) in [7, 11) is 0. The summed E-state index contributed by atoms with van der Waals surface area (Å²) in [5.74, 6) is 0. The molecule has 3 aliphatic heterocycles. The van der Waals surface area contributed by atoms with Crippen LogP contribution in [0.1, 0.15) is 19.3 Å². The smallest absolute Gasteiger partial charge is 0.244 e. The number of nitrogens with zero attached hydrogens (tertiary/aromatic N) is 1. The van der Waals surface area contributed by atoms with Crippen molar-refractivity contribution in [3.05, 3.63) is 0 Å². The van der Waals surface area contributed by atoms with Gasteiger partial charge in [-0.05, 0) is 38.9 Å². The molecule has 2 bridgehead atoms. The van der Waals surface area contributed by atoms with E-state index in [-0.39, 0.29) is 0 Å². The number of hydrogen-bond acceptors (Lipinski definition) is 1. The second kappa shape index (κ2) is 2.41. The minimum atomic E-state index is -2.09. The molecule has 0 radical (unpaired) electrons. The van der Waals surface area contributed by atoms with E-state index >= 15 is 0 Å². The molecule has 3 rings (SSSR count). The summed E-state index contributed by atoms with van der Waals surface area (Å²) in [5, 5.41) is 0. The van der Waals surface area contributed by atoms with Gasteiger partial charge in [-0.1, -0.05) is 0 Å². The van der Waals surface area contributed by atoms with Gasteiger partial charge < -0.3 is 4.90 Å². The van der Waals surface area contributed by atoms with Crippen LogP contribution >= 0.6 is 0 Å². The highest BCUT2D eigenvalue weighted by molar-refractivity contribution is 4.93. The molecule has 3 heterocycles. The highest BCUT2D eigenvalue weighted by atomic mass is 19.3. The van der Waals surface area contributed by atoms with Gasteiger partial charge in [0.05, 0.1) is 0 Å². The number of halogens is 2. The summed E-state index contributed by atoms with van der Waals surface area (Å²) in [6.45, 7) is 2.68. The molecule has 0 aromatic carbocycles. The first kappa shape index (κ1) is 7.47. The lowest BCUT2D eigenvalue weighted by atomic mass is 9.72. The molecule has 1 nitrogen and oxygen atoms in total. The Labute approximate surface area is 65.4 Å². The Hall–Kier alpha value is -0.180. The zero-order valence-electron chi connectivity index (χ0n) is 6.52. The summed E-state index contributed by atoms with van der Waals surface area (Å²) >= 11 is 0. The predicted octanol–water partition coefficient (Wildman–Crippen LogP) is 1.74. The molecule has 64 valence electrons. The van der Waals surface area contributed by atoms with E-state index in [4.69, 9.17) is 0 Å². The van der Waals surface area contributed by atoms with Gasteiger partial charge in [-0.25, -0.2) is 8.78 Å². The van der Waals surface area contributed by atoms with E-state index in [0.717, 1.165) is 19.6 Å². The molecule has 0 aromatic rings. The van der Waals surface area contributed by atoms with Crippen molar-refractivity contribution in [1.29, 1.82) is 0 Å².